The van der Waals surface area contributed by atoms with E-state index in [1.807, 2.05) is 0 Å². The first-order valence-corrected chi connectivity index (χ1v) is 21.6. The number of fused-ring (bicyclic) bond motifs is 7. The van der Waals surface area contributed by atoms with E-state index in [0.717, 1.165) is 17.1 Å². The van der Waals surface area contributed by atoms with E-state index < -0.39 is 10.8 Å². The summed E-state index contributed by atoms with van der Waals surface area (Å²) in [4.78, 5) is 2.59. The predicted molar refractivity (Wildman–Crippen MR) is 251 cm³/mol. The maximum Gasteiger partial charge on any atom is 0.0734 e. The average molecular weight is 782 g/mol. The third-order valence-electron chi connectivity index (χ3n) is 13.1. The molecule has 0 aliphatic heterocycles. The Balaban J connectivity index is 1.23. The number of thiophene rings is 1. The molecule has 0 N–H and O–H groups in total. The highest BCUT2D eigenvalue weighted by atomic mass is 32.1. The maximum atomic E-state index is 2.59. The van der Waals surface area contributed by atoms with Gasteiger partial charge in [-0.05, 0) is 96.7 Å². The molecule has 60 heavy (non-hydrogen) atoms. The highest BCUT2D eigenvalue weighted by molar-refractivity contribution is 7.17. The van der Waals surface area contributed by atoms with Gasteiger partial charge in [0.2, 0.25) is 0 Å². The normalized spacial score (nSPS) is 13.9. The summed E-state index contributed by atoms with van der Waals surface area (Å²) >= 11 is 1.80. The monoisotopic (exact) mass is 781 g/mol. The molecule has 0 saturated heterocycles. The smallest absolute Gasteiger partial charge is 0.0734 e. The predicted octanol–water partition coefficient (Wildman–Crippen LogP) is 15.1. The van der Waals surface area contributed by atoms with Crippen molar-refractivity contribution in [2.24, 2.45) is 0 Å². The fourth-order valence-electron chi connectivity index (χ4n) is 10.8. The molecule has 0 fully saturated rings. The number of hydrogen-bond acceptors (Lipinski definition) is 2. The first kappa shape index (κ1) is 34.8. The zero-order chi connectivity index (χ0) is 39.7. The molecule has 10 aromatic rings. The van der Waals surface area contributed by atoms with Crippen LogP contribution in [0.5, 0.6) is 0 Å². The molecule has 1 aromatic heterocycles. The average Bonchev–Trinajstić information content (AvgIpc) is 4.01. The van der Waals surface area contributed by atoms with Gasteiger partial charge in [0.1, 0.15) is 0 Å². The highest BCUT2D eigenvalue weighted by Crippen LogP contribution is 2.63. The van der Waals surface area contributed by atoms with Crippen LogP contribution in [0, 0.1) is 0 Å². The lowest BCUT2D eigenvalue weighted by Crippen LogP contribution is -2.30. The van der Waals surface area contributed by atoms with Crippen LogP contribution in [-0.4, -0.2) is 0 Å². The summed E-state index contributed by atoms with van der Waals surface area (Å²) in [6.07, 6.45) is 0. The van der Waals surface area contributed by atoms with E-state index in [-0.39, 0.29) is 0 Å². The molecule has 0 amide bonds. The summed E-state index contributed by atoms with van der Waals surface area (Å²) < 4.78 is 1.27. The minimum atomic E-state index is -0.593. The molecular formula is C58H39NS. The van der Waals surface area contributed by atoms with Crippen molar-refractivity contribution in [3.8, 4) is 22.3 Å². The van der Waals surface area contributed by atoms with E-state index in [4.69, 9.17) is 0 Å². The van der Waals surface area contributed by atoms with Crippen LogP contribution in [0.3, 0.4) is 0 Å². The van der Waals surface area contributed by atoms with Gasteiger partial charge in [0, 0.05) is 21.5 Å². The van der Waals surface area contributed by atoms with E-state index in [1.54, 1.807) is 11.3 Å². The van der Waals surface area contributed by atoms with E-state index in [9.17, 15) is 0 Å². The molecule has 2 aliphatic rings. The molecule has 0 radical (unpaired) electrons. The van der Waals surface area contributed by atoms with Crippen molar-refractivity contribution < 1.29 is 0 Å². The van der Waals surface area contributed by atoms with Crippen LogP contribution in [0.4, 0.5) is 17.1 Å². The Morgan fingerprint density at radius 1 is 0.350 bits per heavy atom. The van der Waals surface area contributed by atoms with Gasteiger partial charge in [0.25, 0.3) is 0 Å². The van der Waals surface area contributed by atoms with Crippen molar-refractivity contribution in [2.45, 2.75) is 10.8 Å². The molecular weight excluding hydrogens is 743 g/mol. The van der Waals surface area contributed by atoms with Gasteiger partial charge in [-0.15, -0.1) is 11.3 Å². The Kier molecular flexibility index (Phi) is 7.91. The van der Waals surface area contributed by atoms with Crippen molar-refractivity contribution in [3.63, 3.8) is 0 Å². The lowest BCUT2D eigenvalue weighted by atomic mass is 9.67. The summed E-state index contributed by atoms with van der Waals surface area (Å²) in [5, 5.41) is 3.46. The molecule has 0 bridgehead atoms. The van der Waals surface area contributed by atoms with Gasteiger partial charge >= 0.3 is 0 Å². The summed E-state index contributed by atoms with van der Waals surface area (Å²) in [6, 6.07) is 86.0. The van der Waals surface area contributed by atoms with Crippen molar-refractivity contribution in [1.82, 2.24) is 0 Å². The van der Waals surface area contributed by atoms with Gasteiger partial charge in [-0.3, -0.25) is 0 Å². The van der Waals surface area contributed by atoms with Gasteiger partial charge in [-0.1, -0.05) is 200 Å². The van der Waals surface area contributed by atoms with Gasteiger partial charge in [0.05, 0.1) is 22.2 Å². The van der Waals surface area contributed by atoms with Crippen molar-refractivity contribution in [3.05, 3.63) is 280 Å². The minimum Gasteiger partial charge on any atom is -0.309 e. The van der Waals surface area contributed by atoms with Gasteiger partial charge < -0.3 is 4.90 Å². The quantitative estimate of drug-likeness (QED) is 0.156. The van der Waals surface area contributed by atoms with Crippen LogP contribution in [0.1, 0.15) is 44.5 Å². The topological polar surface area (TPSA) is 3.24 Å². The summed E-state index contributed by atoms with van der Waals surface area (Å²) in [6.45, 7) is 0. The Morgan fingerprint density at radius 2 is 0.833 bits per heavy atom. The van der Waals surface area contributed by atoms with Gasteiger partial charge in [-0.25, -0.2) is 0 Å². The Labute approximate surface area is 355 Å². The second-order valence-electron chi connectivity index (χ2n) is 15.9. The minimum absolute atomic E-state index is 0.527. The Bertz CT molecular complexity index is 3120. The zero-order valence-corrected chi connectivity index (χ0v) is 33.7. The molecule has 0 unspecified atom stereocenters. The van der Waals surface area contributed by atoms with E-state index in [2.05, 4.69) is 241 Å². The molecule has 0 spiro atoms. The summed E-state index contributed by atoms with van der Waals surface area (Å²) in [5.74, 6) is 0. The van der Waals surface area contributed by atoms with Crippen LogP contribution < -0.4 is 4.90 Å². The number of nitrogens with zero attached hydrogens (tertiary/aromatic N) is 1. The first-order valence-electron chi connectivity index (χ1n) is 20.8. The van der Waals surface area contributed by atoms with Crippen molar-refractivity contribution in [2.75, 3.05) is 4.90 Å². The summed E-state index contributed by atoms with van der Waals surface area (Å²) in [5.41, 5.74) is 17.6. The lowest BCUT2D eigenvalue weighted by molar-refractivity contribution is 0.766. The van der Waals surface area contributed by atoms with Crippen molar-refractivity contribution >= 4 is 38.5 Å². The van der Waals surface area contributed by atoms with Crippen LogP contribution in [0.25, 0.3) is 32.3 Å². The largest absolute Gasteiger partial charge is 0.309 e. The van der Waals surface area contributed by atoms with Crippen LogP contribution in [0.15, 0.2) is 236 Å². The molecule has 2 heteroatoms. The van der Waals surface area contributed by atoms with Gasteiger partial charge in [-0.2, -0.15) is 0 Å². The molecule has 282 valence electrons. The Hall–Kier alpha value is -7.26. The first-order chi connectivity index (χ1) is 29.8. The molecule has 9 aromatic carbocycles. The van der Waals surface area contributed by atoms with E-state index >= 15 is 0 Å². The highest BCUT2D eigenvalue weighted by Gasteiger charge is 2.50. The second kappa shape index (κ2) is 13.7. The third kappa shape index (κ3) is 4.80. The number of benzene rings is 9. The number of rotatable bonds is 7. The van der Waals surface area contributed by atoms with Crippen LogP contribution in [0.2, 0.25) is 0 Å². The van der Waals surface area contributed by atoms with Crippen LogP contribution in [-0.2, 0) is 10.8 Å². The molecule has 0 atom stereocenters. The molecule has 0 saturated carbocycles. The number of anilines is 3. The lowest BCUT2D eigenvalue weighted by Gasteiger charge is -2.38. The van der Waals surface area contributed by atoms with E-state index in [0.29, 0.717) is 0 Å². The van der Waals surface area contributed by atoms with E-state index in [1.165, 1.54) is 76.8 Å². The SMILES string of the molecule is c1ccc(C2(c3ccccc3)c3ccccc3-c3c(N(c4ccc5ccsc5c4)c4cccc5c4C(c4ccccc4)(c4ccccc4)c4ccccc4-5)cccc32)cc1. The maximum absolute atomic E-state index is 2.59. The summed E-state index contributed by atoms with van der Waals surface area (Å²) in [7, 11) is 0. The van der Waals surface area contributed by atoms with Gasteiger partial charge in [0.15, 0.2) is 0 Å². The standard InChI is InChI=1S/C58H39NS/c1-5-19-41(20-6-1)57(42-21-7-2-8-22-42)50-31-16-14-28-48(50)55-51(57)32-18-33-52(55)59(45-36-35-40-37-38-60-54(40)39-45)53-34-17-29-47-46-27-13-15-30-49(46)58(56(47)53,43-23-9-3-10-24-43)44-25-11-4-12-26-44/h1-39H. The molecule has 1 heterocycles. The number of hydrogen-bond donors (Lipinski definition) is 0. The van der Waals surface area contributed by atoms with Crippen molar-refractivity contribution in [1.29, 1.82) is 0 Å². The second-order valence-corrected chi connectivity index (χ2v) is 16.9. The molecule has 1 nitrogen and oxygen atoms in total. The molecule has 12 rings (SSSR count). The fourth-order valence-corrected chi connectivity index (χ4v) is 11.6. The molecule has 2 aliphatic carbocycles. The Morgan fingerprint density at radius 3 is 1.47 bits per heavy atom. The zero-order valence-electron chi connectivity index (χ0n) is 32.9. The third-order valence-corrected chi connectivity index (χ3v) is 14.0. The van der Waals surface area contributed by atoms with Crippen LogP contribution >= 0.6 is 11.3 Å². The fraction of sp³-hybridized carbons (Fsp3) is 0.0345.